The molecule has 0 N–H and O–H groups in total. The zero-order chi connectivity index (χ0) is 9.12. The van der Waals surface area contributed by atoms with E-state index < -0.39 is 18.3 Å². The molecule has 11 heavy (non-hydrogen) atoms. The molecule has 0 aromatic carbocycles. The Labute approximate surface area is 75.8 Å². The molecule has 0 amide bonds. The van der Waals surface area contributed by atoms with Gasteiger partial charge in [0.25, 0.3) is 0 Å². The van der Waals surface area contributed by atoms with E-state index in [2.05, 4.69) is 6.58 Å². The van der Waals surface area contributed by atoms with Crippen LogP contribution in [0.1, 0.15) is 6.42 Å². The summed E-state index contributed by atoms with van der Waals surface area (Å²) in [5.74, 6) is -8.05. The van der Waals surface area contributed by atoms with Crippen molar-refractivity contribution < 1.29 is 17.6 Å². The smallest absolute Gasteiger partial charge is 0.199 e. The predicted octanol–water partition coefficient (Wildman–Crippen LogP) is 3.27. The minimum atomic E-state index is -4.09. The Hall–Kier alpha value is 0.190. The molecule has 0 aliphatic carbocycles. The lowest BCUT2D eigenvalue weighted by molar-refractivity contribution is -0.179. The summed E-state index contributed by atoms with van der Waals surface area (Å²) >= 11 is 1.62. The van der Waals surface area contributed by atoms with Crippen LogP contribution in [-0.4, -0.2) is 16.3 Å². The maximum absolute atomic E-state index is 12.4. The highest BCUT2D eigenvalue weighted by molar-refractivity contribution is 14.1. The van der Waals surface area contributed by atoms with E-state index in [-0.39, 0.29) is 10.5 Å². The molecule has 0 aromatic heterocycles. The van der Waals surface area contributed by atoms with Gasteiger partial charge in [-0.2, -0.15) is 17.6 Å². The maximum atomic E-state index is 12.4. The van der Waals surface area contributed by atoms with Crippen molar-refractivity contribution in [2.45, 2.75) is 18.3 Å². The molecule has 66 valence electrons. The zero-order valence-corrected chi connectivity index (χ0v) is 7.75. The van der Waals surface area contributed by atoms with Crippen LogP contribution in [0.4, 0.5) is 17.6 Å². The third-order valence-electron chi connectivity index (χ3n) is 1.15. The lowest BCUT2D eigenvalue weighted by Gasteiger charge is -2.22. The lowest BCUT2D eigenvalue weighted by atomic mass is 10.1. The molecule has 0 saturated carbocycles. The Kier molecular flexibility index (Phi) is 3.79. The topological polar surface area (TPSA) is 0 Å². The van der Waals surface area contributed by atoms with Gasteiger partial charge in [0.1, 0.15) is 0 Å². The van der Waals surface area contributed by atoms with Crippen molar-refractivity contribution in [1.29, 1.82) is 0 Å². The van der Waals surface area contributed by atoms with Crippen molar-refractivity contribution in [3.63, 3.8) is 0 Å². The van der Waals surface area contributed by atoms with E-state index in [4.69, 9.17) is 0 Å². The van der Waals surface area contributed by atoms with E-state index in [1.807, 2.05) is 0 Å². The molecule has 0 heterocycles. The number of alkyl halides is 5. The van der Waals surface area contributed by atoms with Gasteiger partial charge in [0.2, 0.25) is 0 Å². The molecule has 0 saturated heterocycles. The van der Waals surface area contributed by atoms with E-state index in [1.54, 1.807) is 22.6 Å². The molecular weight excluding hydrogens is 275 g/mol. The van der Waals surface area contributed by atoms with Gasteiger partial charge in [0.15, 0.2) is 0 Å². The summed E-state index contributed by atoms with van der Waals surface area (Å²) in [5, 5.41) is 0. The van der Waals surface area contributed by atoms with Crippen LogP contribution in [0.2, 0.25) is 0 Å². The van der Waals surface area contributed by atoms with Crippen LogP contribution < -0.4 is 0 Å². The van der Waals surface area contributed by atoms with Crippen molar-refractivity contribution in [1.82, 2.24) is 0 Å². The standard InChI is InChI=1S/C6H7F4I/c1-2-5(7,8)6(9,10)3-4-11/h2H,1,3-4H2. The van der Waals surface area contributed by atoms with Crippen LogP contribution in [0.25, 0.3) is 0 Å². The normalized spacial score (nSPS) is 13.2. The minimum absolute atomic E-state index is 0.00576. The van der Waals surface area contributed by atoms with Gasteiger partial charge in [-0.05, 0) is 6.08 Å². The minimum Gasteiger partial charge on any atom is -0.199 e. The van der Waals surface area contributed by atoms with E-state index in [0.29, 0.717) is 0 Å². The monoisotopic (exact) mass is 282 g/mol. The molecular formula is C6H7F4I. The first-order valence-electron chi connectivity index (χ1n) is 2.82. The van der Waals surface area contributed by atoms with Crippen LogP contribution in [0.15, 0.2) is 12.7 Å². The number of halogens is 5. The van der Waals surface area contributed by atoms with Crippen LogP contribution in [0, 0.1) is 0 Å². The molecule has 0 nitrogen and oxygen atoms in total. The van der Waals surface area contributed by atoms with Crippen LogP contribution in [-0.2, 0) is 0 Å². The highest BCUT2D eigenvalue weighted by Crippen LogP contribution is 2.37. The van der Waals surface area contributed by atoms with Crippen LogP contribution >= 0.6 is 22.6 Å². The second-order valence-electron chi connectivity index (χ2n) is 1.97. The molecule has 0 spiro atoms. The fourth-order valence-electron chi connectivity index (χ4n) is 0.435. The average Bonchev–Trinajstić information content (AvgIpc) is 1.87. The quantitative estimate of drug-likeness (QED) is 0.321. The summed E-state index contributed by atoms with van der Waals surface area (Å²) in [6.45, 7) is 2.65. The molecule has 0 aliphatic heterocycles. The van der Waals surface area contributed by atoms with Gasteiger partial charge in [-0.15, -0.1) is 0 Å². The van der Waals surface area contributed by atoms with E-state index in [0.717, 1.165) is 0 Å². The summed E-state index contributed by atoms with van der Waals surface area (Å²) in [4.78, 5) is 0. The predicted molar refractivity (Wildman–Crippen MR) is 43.6 cm³/mol. The van der Waals surface area contributed by atoms with Crippen LogP contribution in [0.5, 0.6) is 0 Å². The second-order valence-corrected chi connectivity index (χ2v) is 3.05. The third-order valence-corrected chi connectivity index (χ3v) is 1.69. The first kappa shape index (κ1) is 11.2. The lowest BCUT2D eigenvalue weighted by Crippen LogP contribution is -2.38. The van der Waals surface area contributed by atoms with Gasteiger partial charge in [0.05, 0.1) is 0 Å². The Balaban J connectivity index is 4.38. The van der Waals surface area contributed by atoms with E-state index in [9.17, 15) is 17.6 Å². The van der Waals surface area contributed by atoms with Crippen molar-refractivity contribution in [3.8, 4) is 0 Å². The van der Waals surface area contributed by atoms with Gasteiger partial charge in [0, 0.05) is 10.8 Å². The van der Waals surface area contributed by atoms with Crippen molar-refractivity contribution >= 4 is 22.6 Å². The number of allylic oxidation sites excluding steroid dienone is 1. The van der Waals surface area contributed by atoms with E-state index >= 15 is 0 Å². The summed E-state index contributed by atoms with van der Waals surface area (Å²) < 4.78 is 49.2. The fourth-order valence-corrected chi connectivity index (χ4v) is 1.11. The van der Waals surface area contributed by atoms with Gasteiger partial charge in [-0.25, -0.2) is 0 Å². The Morgan fingerprint density at radius 2 is 1.73 bits per heavy atom. The Bertz CT molecular complexity index is 144. The Morgan fingerprint density at radius 1 is 1.27 bits per heavy atom. The van der Waals surface area contributed by atoms with Gasteiger partial charge >= 0.3 is 11.8 Å². The zero-order valence-electron chi connectivity index (χ0n) is 5.59. The molecule has 0 unspecified atom stereocenters. The summed E-state index contributed by atoms with van der Waals surface area (Å²) in [5.41, 5.74) is 0. The highest BCUT2D eigenvalue weighted by atomic mass is 127. The summed E-state index contributed by atoms with van der Waals surface area (Å²) in [7, 11) is 0. The van der Waals surface area contributed by atoms with Crippen molar-refractivity contribution in [3.05, 3.63) is 12.7 Å². The first-order chi connectivity index (χ1) is 4.87. The molecule has 0 aromatic rings. The molecule has 0 aliphatic rings. The fraction of sp³-hybridized carbons (Fsp3) is 0.667. The molecule has 5 heteroatoms. The van der Waals surface area contributed by atoms with Crippen molar-refractivity contribution in [2.75, 3.05) is 4.43 Å². The Morgan fingerprint density at radius 3 is 2.00 bits per heavy atom. The molecule has 0 radical (unpaired) electrons. The molecule has 0 atom stereocenters. The molecule has 0 fully saturated rings. The number of hydrogen-bond donors (Lipinski definition) is 0. The summed E-state index contributed by atoms with van der Waals surface area (Å²) in [6.07, 6.45) is -0.841. The first-order valence-corrected chi connectivity index (χ1v) is 4.35. The largest absolute Gasteiger partial charge is 0.328 e. The summed E-state index contributed by atoms with van der Waals surface area (Å²) in [6, 6.07) is 0. The average molecular weight is 282 g/mol. The van der Waals surface area contributed by atoms with Gasteiger partial charge in [-0.3, -0.25) is 0 Å². The maximum Gasteiger partial charge on any atom is 0.328 e. The van der Waals surface area contributed by atoms with Gasteiger partial charge in [-0.1, -0.05) is 29.2 Å². The highest BCUT2D eigenvalue weighted by Gasteiger charge is 2.52. The van der Waals surface area contributed by atoms with Crippen LogP contribution in [0.3, 0.4) is 0 Å². The number of rotatable bonds is 4. The van der Waals surface area contributed by atoms with Crippen molar-refractivity contribution in [2.24, 2.45) is 0 Å². The third kappa shape index (κ3) is 2.61. The SMILES string of the molecule is C=CC(F)(F)C(F)(F)CCI. The van der Waals surface area contributed by atoms with Gasteiger partial charge < -0.3 is 0 Å². The second kappa shape index (κ2) is 3.73. The number of hydrogen-bond acceptors (Lipinski definition) is 0. The molecule has 0 rings (SSSR count). The van der Waals surface area contributed by atoms with E-state index in [1.165, 1.54) is 0 Å². The molecule has 0 bridgehead atoms.